The van der Waals surface area contributed by atoms with E-state index in [9.17, 15) is 14.7 Å². The molecule has 53 heavy (non-hydrogen) atoms. The molecule has 1 saturated heterocycles. The van der Waals surface area contributed by atoms with Gasteiger partial charge in [0.15, 0.2) is 17.3 Å². The molecule has 1 spiro atoms. The Labute approximate surface area is 313 Å². The fourth-order valence-corrected chi connectivity index (χ4v) is 10.4. The zero-order valence-electron chi connectivity index (χ0n) is 30.7. The largest absolute Gasteiger partial charge is 0.508 e. The summed E-state index contributed by atoms with van der Waals surface area (Å²) in [6.07, 6.45) is 7.17. The molecule has 7 nitrogen and oxygen atoms in total. The Morgan fingerprint density at radius 3 is 2.30 bits per heavy atom. The molecule has 0 aromatic heterocycles. The Balaban J connectivity index is 1.16. The molecule has 4 aliphatic rings. The van der Waals surface area contributed by atoms with E-state index >= 15 is 0 Å². The summed E-state index contributed by atoms with van der Waals surface area (Å²) in [5, 5.41) is 11.5. The van der Waals surface area contributed by atoms with Crippen LogP contribution in [0.4, 0.5) is 0 Å². The summed E-state index contributed by atoms with van der Waals surface area (Å²) in [5.41, 5.74) is 4.77. The molecular formula is C46H50N2O5. The lowest BCUT2D eigenvalue weighted by Crippen LogP contribution is -2.69. The minimum atomic E-state index is -0.351. The van der Waals surface area contributed by atoms with Gasteiger partial charge in [-0.25, -0.2) is 0 Å². The molecule has 8 rings (SSSR count). The number of amides is 1. The van der Waals surface area contributed by atoms with Gasteiger partial charge in [-0.2, -0.15) is 0 Å². The molecule has 7 heteroatoms. The van der Waals surface area contributed by atoms with Gasteiger partial charge in [0, 0.05) is 66.1 Å². The molecule has 2 fully saturated rings. The van der Waals surface area contributed by atoms with Crippen LogP contribution < -0.4 is 9.47 Å². The number of ether oxygens (including phenoxy) is 2. The van der Waals surface area contributed by atoms with Crippen LogP contribution in [0.2, 0.25) is 0 Å². The van der Waals surface area contributed by atoms with Gasteiger partial charge in [-0.1, -0.05) is 97.1 Å². The minimum Gasteiger partial charge on any atom is -0.508 e. The van der Waals surface area contributed by atoms with Crippen LogP contribution in [0.15, 0.2) is 110 Å². The van der Waals surface area contributed by atoms with Crippen molar-refractivity contribution in [3.63, 3.8) is 0 Å². The maximum atomic E-state index is 14.9. The fourth-order valence-electron chi connectivity index (χ4n) is 10.4. The number of hydrogen-bond acceptors (Lipinski definition) is 6. The lowest BCUT2D eigenvalue weighted by atomic mass is 9.50. The third kappa shape index (κ3) is 6.23. The van der Waals surface area contributed by atoms with E-state index < -0.39 is 0 Å². The number of phenols is 1. The molecule has 4 aromatic carbocycles. The number of unbranched alkanes of at least 4 members (excludes halogenated alkanes) is 1. The van der Waals surface area contributed by atoms with Crippen molar-refractivity contribution in [2.24, 2.45) is 5.92 Å². The molecule has 4 aromatic rings. The Morgan fingerprint density at radius 1 is 0.981 bits per heavy atom. The summed E-state index contributed by atoms with van der Waals surface area (Å²) >= 11 is 0. The fraction of sp³-hybridized carbons (Fsp3) is 0.391. The van der Waals surface area contributed by atoms with Gasteiger partial charge in [-0.3, -0.25) is 14.5 Å². The van der Waals surface area contributed by atoms with Crippen molar-refractivity contribution in [3.8, 4) is 17.2 Å². The molecular weight excluding hydrogens is 661 g/mol. The predicted octanol–water partition coefficient (Wildman–Crippen LogP) is 8.10. The van der Waals surface area contributed by atoms with Crippen molar-refractivity contribution >= 4 is 11.7 Å². The van der Waals surface area contributed by atoms with Gasteiger partial charge >= 0.3 is 0 Å². The number of likely N-dealkylation sites (tertiary alicyclic amines) is 1. The molecule has 2 heterocycles. The quantitative estimate of drug-likeness (QED) is 0.0810. The van der Waals surface area contributed by atoms with Crippen LogP contribution in [0.25, 0.3) is 0 Å². The van der Waals surface area contributed by atoms with Gasteiger partial charge in [0.25, 0.3) is 0 Å². The molecule has 0 unspecified atom stereocenters. The monoisotopic (exact) mass is 710 g/mol. The normalized spacial score (nSPS) is 23.9. The zero-order valence-corrected chi connectivity index (χ0v) is 30.7. The summed E-state index contributed by atoms with van der Waals surface area (Å²) < 4.78 is 13.1. The second kappa shape index (κ2) is 14.9. The number of carbonyl (C=O) groups excluding carboxylic acids is 2. The topological polar surface area (TPSA) is 79.3 Å². The number of benzene rings is 4. The number of rotatable bonds is 14. The highest BCUT2D eigenvalue weighted by molar-refractivity contribution is 5.96. The Bertz CT molecular complexity index is 1910. The molecule has 2 bridgehead atoms. The van der Waals surface area contributed by atoms with E-state index in [1.54, 1.807) is 13.2 Å². The third-order valence-electron chi connectivity index (χ3n) is 12.7. The highest BCUT2D eigenvalue weighted by Crippen LogP contribution is 2.65. The Hall–Kier alpha value is -4.88. The summed E-state index contributed by atoms with van der Waals surface area (Å²) in [4.78, 5) is 32.5. The summed E-state index contributed by atoms with van der Waals surface area (Å²) in [7, 11) is 1.64. The standard InChI is InChI=1S/C46H50N2O5/c1-3-26-47-27-25-46-36-23-24-37(45(46)53-44-41(52-2)29-40(50)34(43(44)46)28-38(36)47)48(42(51)22-14-13-21-39(49)33-19-11-6-12-20-33)30-35(31-15-7-4-8-16-31)32-17-9-5-10-18-32/h3-12,15-20,29,35-38,45,50H,1,13-14,21-28,30H2,2H3/t36-,37+,38+,45-,46-/m0/s1. The predicted molar refractivity (Wildman–Crippen MR) is 207 cm³/mol. The highest BCUT2D eigenvalue weighted by atomic mass is 16.5. The SMILES string of the molecule is C=CCN1CC[C@]23c4c5c(O)cc(OC)c4O[C@H]2[C@H](N(CC(c2ccccc2)c2ccccc2)C(=O)CCCCC(=O)c2ccccc2)CC[C@H]3[C@H]1C5. The van der Waals surface area contributed by atoms with Crippen molar-refractivity contribution < 1.29 is 24.2 Å². The molecule has 5 atom stereocenters. The number of piperidine rings is 1. The highest BCUT2D eigenvalue weighted by Gasteiger charge is 2.67. The summed E-state index contributed by atoms with van der Waals surface area (Å²) in [6, 6.07) is 32.2. The molecule has 1 saturated carbocycles. The number of carbonyl (C=O) groups is 2. The second-order valence-electron chi connectivity index (χ2n) is 15.3. The summed E-state index contributed by atoms with van der Waals surface area (Å²) in [5.74, 6) is 2.05. The van der Waals surface area contributed by atoms with E-state index in [0.29, 0.717) is 49.5 Å². The number of aromatic hydroxyl groups is 1. The number of Topliss-reactive ketones (excluding diaryl/α,β-unsaturated/α-hetero) is 1. The maximum Gasteiger partial charge on any atom is 0.222 e. The second-order valence-corrected chi connectivity index (χ2v) is 15.3. The first-order valence-electron chi connectivity index (χ1n) is 19.4. The first-order chi connectivity index (χ1) is 25.9. The minimum absolute atomic E-state index is 0.0392. The first-order valence-corrected chi connectivity index (χ1v) is 19.4. The van der Waals surface area contributed by atoms with Crippen LogP contribution in [0, 0.1) is 5.92 Å². The Kier molecular flexibility index (Phi) is 9.86. The van der Waals surface area contributed by atoms with Crippen LogP contribution in [-0.2, 0) is 16.6 Å². The van der Waals surface area contributed by atoms with Gasteiger partial charge in [0.1, 0.15) is 11.9 Å². The van der Waals surface area contributed by atoms with Crippen LogP contribution >= 0.6 is 0 Å². The van der Waals surface area contributed by atoms with Crippen molar-refractivity contribution in [2.75, 3.05) is 26.7 Å². The van der Waals surface area contributed by atoms with E-state index in [0.717, 1.165) is 66.8 Å². The average Bonchev–Trinajstić information content (AvgIpc) is 3.54. The average molecular weight is 711 g/mol. The van der Waals surface area contributed by atoms with Gasteiger partial charge in [-0.15, -0.1) is 6.58 Å². The van der Waals surface area contributed by atoms with Crippen LogP contribution in [0.5, 0.6) is 17.2 Å². The van der Waals surface area contributed by atoms with Crippen molar-refractivity contribution in [3.05, 3.63) is 138 Å². The lowest BCUT2D eigenvalue weighted by Gasteiger charge is -2.60. The van der Waals surface area contributed by atoms with Crippen molar-refractivity contribution in [2.45, 2.75) is 80.9 Å². The lowest BCUT2D eigenvalue weighted by molar-refractivity contribution is -0.143. The molecule has 274 valence electrons. The van der Waals surface area contributed by atoms with E-state index in [1.165, 1.54) is 0 Å². The molecule has 0 radical (unpaired) electrons. The number of hydrogen-bond donors (Lipinski definition) is 1. The van der Waals surface area contributed by atoms with Crippen LogP contribution in [0.1, 0.15) is 83.5 Å². The van der Waals surface area contributed by atoms with E-state index in [2.05, 4.69) is 64.9 Å². The Morgan fingerprint density at radius 2 is 1.64 bits per heavy atom. The number of nitrogens with zero attached hydrogens (tertiary/aromatic N) is 2. The third-order valence-corrected chi connectivity index (χ3v) is 12.7. The molecule has 1 N–H and O–H groups in total. The van der Waals surface area contributed by atoms with E-state index in [1.807, 2.05) is 48.5 Å². The smallest absolute Gasteiger partial charge is 0.222 e. The van der Waals surface area contributed by atoms with Gasteiger partial charge < -0.3 is 19.5 Å². The van der Waals surface area contributed by atoms with Crippen molar-refractivity contribution in [1.29, 1.82) is 0 Å². The molecule has 2 aliphatic carbocycles. The van der Waals surface area contributed by atoms with Gasteiger partial charge in [-0.05, 0) is 62.1 Å². The van der Waals surface area contributed by atoms with E-state index in [4.69, 9.17) is 9.47 Å². The van der Waals surface area contributed by atoms with Gasteiger partial charge in [0.05, 0.1) is 13.2 Å². The number of phenolic OH excluding ortho intramolecular Hbond substituents is 1. The number of methoxy groups -OCH3 is 1. The molecule has 2 aliphatic heterocycles. The first kappa shape index (κ1) is 35.2. The van der Waals surface area contributed by atoms with Crippen LogP contribution in [0.3, 0.4) is 0 Å². The maximum absolute atomic E-state index is 14.9. The van der Waals surface area contributed by atoms with E-state index in [-0.39, 0.29) is 47.0 Å². The number of ketones is 1. The summed E-state index contributed by atoms with van der Waals surface area (Å²) in [6.45, 7) is 6.28. The van der Waals surface area contributed by atoms with Crippen molar-refractivity contribution in [1.82, 2.24) is 9.80 Å². The molecule has 1 amide bonds. The van der Waals surface area contributed by atoms with Crippen LogP contribution in [-0.4, -0.2) is 71.5 Å². The van der Waals surface area contributed by atoms with Gasteiger partial charge in [0.2, 0.25) is 5.91 Å². The zero-order chi connectivity index (χ0) is 36.5.